The lowest BCUT2D eigenvalue weighted by atomic mass is 9.78. The van der Waals surface area contributed by atoms with E-state index in [4.69, 9.17) is 16.3 Å². The predicted octanol–water partition coefficient (Wildman–Crippen LogP) is 5.87. The second-order valence-corrected chi connectivity index (χ2v) is 10.6. The molecule has 0 spiro atoms. The molecule has 0 bridgehead atoms. The number of aromatic nitrogens is 1. The van der Waals surface area contributed by atoms with Crippen LogP contribution in [0.2, 0.25) is 5.02 Å². The molecule has 164 valence electrons. The monoisotopic (exact) mass is 501 g/mol. The quantitative estimate of drug-likeness (QED) is 0.473. The Bertz CT molecular complexity index is 1050. The largest absolute Gasteiger partial charge is 0.379 e. The summed E-state index contributed by atoms with van der Waals surface area (Å²) in [6.45, 7) is 9.36. The third-order valence-corrected chi connectivity index (χ3v) is 7.72. The van der Waals surface area contributed by atoms with Gasteiger partial charge in [0, 0.05) is 64.2 Å². The highest BCUT2D eigenvalue weighted by Crippen LogP contribution is 2.50. The Hall–Kier alpha value is -1.37. The van der Waals surface area contributed by atoms with Crippen LogP contribution in [-0.2, 0) is 11.3 Å². The van der Waals surface area contributed by atoms with Crippen molar-refractivity contribution in [1.29, 1.82) is 0 Å². The van der Waals surface area contributed by atoms with Crippen molar-refractivity contribution in [2.75, 3.05) is 39.4 Å². The van der Waals surface area contributed by atoms with Gasteiger partial charge in [-0.1, -0.05) is 52.7 Å². The molecule has 2 saturated heterocycles. The molecule has 2 unspecified atom stereocenters. The fourth-order valence-electron chi connectivity index (χ4n) is 5.46. The molecule has 0 saturated carbocycles. The lowest BCUT2D eigenvalue weighted by molar-refractivity contribution is 0.0107. The highest BCUT2D eigenvalue weighted by atomic mass is 79.9. The smallest absolute Gasteiger partial charge is 0.0594 e. The number of likely N-dealkylation sites (tertiary alicyclic amines) is 1. The van der Waals surface area contributed by atoms with E-state index < -0.39 is 0 Å². The Morgan fingerprint density at radius 2 is 1.90 bits per heavy atom. The molecule has 2 aliphatic heterocycles. The highest BCUT2D eigenvalue weighted by Gasteiger charge is 2.46. The summed E-state index contributed by atoms with van der Waals surface area (Å²) in [6.07, 6.45) is 3.40. The van der Waals surface area contributed by atoms with Crippen molar-refractivity contribution in [2.24, 2.45) is 5.41 Å². The van der Waals surface area contributed by atoms with Gasteiger partial charge in [0.05, 0.1) is 13.2 Å². The van der Waals surface area contributed by atoms with E-state index in [-0.39, 0.29) is 5.41 Å². The SMILES string of the molecule is CC1(CN2CCOCC2)CCN(Cc2ccc(Br)cc2)C1c1c[nH]c2cc(Cl)ccc12. The van der Waals surface area contributed by atoms with Crippen LogP contribution in [0.15, 0.2) is 53.1 Å². The molecule has 2 aromatic carbocycles. The van der Waals surface area contributed by atoms with E-state index in [0.29, 0.717) is 6.04 Å². The van der Waals surface area contributed by atoms with Crippen molar-refractivity contribution in [1.82, 2.24) is 14.8 Å². The molecule has 1 N–H and O–H groups in total. The van der Waals surface area contributed by atoms with Crippen molar-refractivity contribution >= 4 is 38.4 Å². The van der Waals surface area contributed by atoms with Crippen molar-refractivity contribution < 1.29 is 4.74 Å². The van der Waals surface area contributed by atoms with Gasteiger partial charge in [-0.3, -0.25) is 9.80 Å². The van der Waals surface area contributed by atoms with Crippen LogP contribution in [0.4, 0.5) is 0 Å². The maximum absolute atomic E-state index is 6.27. The Morgan fingerprint density at radius 1 is 1.13 bits per heavy atom. The number of rotatable bonds is 5. The first kappa shape index (κ1) is 21.5. The molecule has 2 atom stereocenters. The number of aromatic amines is 1. The van der Waals surface area contributed by atoms with Gasteiger partial charge in [-0.2, -0.15) is 0 Å². The zero-order valence-corrected chi connectivity index (χ0v) is 20.3. The first-order valence-corrected chi connectivity index (χ1v) is 12.2. The van der Waals surface area contributed by atoms with E-state index in [1.54, 1.807) is 0 Å². The third kappa shape index (κ3) is 4.44. The fraction of sp³-hybridized carbons (Fsp3) is 0.440. The van der Waals surface area contributed by atoms with Gasteiger partial charge in [0.15, 0.2) is 0 Å². The van der Waals surface area contributed by atoms with Gasteiger partial charge < -0.3 is 9.72 Å². The summed E-state index contributed by atoms with van der Waals surface area (Å²) >= 11 is 9.83. The normalized spacial score (nSPS) is 25.5. The summed E-state index contributed by atoms with van der Waals surface area (Å²) in [5, 5.41) is 2.06. The molecule has 31 heavy (non-hydrogen) atoms. The average Bonchev–Trinajstić information content (AvgIpc) is 3.30. The predicted molar refractivity (Wildman–Crippen MR) is 131 cm³/mol. The summed E-state index contributed by atoms with van der Waals surface area (Å²) in [5.74, 6) is 0. The summed E-state index contributed by atoms with van der Waals surface area (Å²) in [6, 6.07) is 15.3. The molecule has 5 rings (SSSR count). The fourth-order valence-corrected chi connectivity index (χ4v) is 5.89. The summed E-state index contributed by atoms with van der Waals surface area (Å²) in [4.78, 5) is 8.74. The van der Waals surface area contributed by atoms with Crippen molar-refractivity contribution in [3.63, 3.8) is 0 Å². The van der Waals surface area contributed by atoms with Crippen LogP contribution in [0.5, 0.6) is 0 Å². The van der Waals surface area contributed by atoms with Crippen LogP contribution < -0.4 is 0 Å². The summed E-state index contributed by atoms with van der Waals surface area (Å²) < 4.78 is 6.73. The Labute approximate surface area is 197 Å². The minimum absolute atomic E-state index is 0.168. The van der Waals surface area contributed by atoms with Gasteiger partial charge in [0.25, 0.3) is 0 Å². The van der Waals surface area contributed by atoms with E-state index in [0.717, 1.165) is 60.9 Å². The Kier molecular flexibility index (Phi) is 6.15. The van der Waals surface area contributed by atoms with Gasteiger partial charge in [0.2, 0.25) is 0 Å². The molecular formula is C25H29BrClN3O. The van der Waals surface area contributed by atoms with Gasteiger partial charge in [-0.25, -0.2) is 0 Å². The molecule has 0 radical (unpaired) electrons. The number of nitrogens with one attached hydrogen (secondary N) is 1. The van der Waals surface area contributed by atoms with Crippen LogP contribution >= 0.6 is 27.5 Å². The third-order valence-electron chi connectivity index (χ3n) is 6.95. The van der Waals surface area contributed by atoms with E-state index in [2.05, 4.69) is 74.2 Å². The number of hydrogen-bond acceptors (Lipinski definition) is 3. The second kappa shape index (κ2) is 8.87. The Balaban J connectivity index is 1.50. The van der Waals surface area contributed by atoms with Crippen LogP contribution in [0, 0.1) is 5.41 Å². The number of benzene rings is 2. The summed E-state index contributed by atoms with van der Waals surface area (Å²) in [5.41, 5.74) is 4.03. The molecule has 6 heteroatoms. The average molecular weight is 503 g/mol. The highest BCUT2D eigenvalue weighted by molar-refractivity contribution is 9.10. The molecule has 2 fully saturated rings. The molecule has 3 aromatic rings. The molecule has 0 amide bonds. The van der Waals surface area contributed by atoms with Gasteiger partial charge >= 0.3 is 0 Å². The Morgan fingerprint density at radius 3 is 2.68 bits per heavy atom. The molecular weight excluding hydrogens is 474 g/mol. The van der Waals surface area contributed by atoms with E-state index in [1.807, 2.05) is 12.1 Å². The number of nitrogens with zero attached hydrogens (tertiary/aromatic N) is 2. The van der Waals surface area contributed by atoms with Gasteiger partial charge in [-0.15, -0.1) is 0 Å². The minimum Gasteiger partial charge on any atom is -0.379 e. The van der Waals surface area contributed by atoms with Crippen molar-refractivity contribution in [3.8, 4) is 0 Å². The lowest BCUT2D eigenvalue weighted by Crippen LogP contribution is -2.44. The maximum Gasteiger partial charge on any atom is 0.0594 e. The number of hydrogen-bond donors (Lipinski definition) is 1. The van der Waals surface area contributed by atoms with Crippen LogP contribution in [0.1, 0.15) is 30.5 Å². The van der Waals surface area contributed by atoms with E-state index in [9.17, 15) is 0 Å². The number of ether oxygens (including phenoxy) is 1. The minimum atomic E-state index is 0.168. The number of H-pyrrole nitrogens is 1. The van der Waals surface area contributed by atoms with Gasteiger partial charge in [0.1, 0.15) is 0 Å². The molecule has 1 aromatic heterocycles. The van der Waals surface area contributed by atoms with Crippen LogP contribution in [0.3, 0.4) is 0 Å². The van der Waals surface area contributed by atoms with Crippen molar-refractivity contribution in [3.05, 3.63) is 69.3 Å². The summed E-state index contributed by atoms with van der Waals surface area (Å²) in [7, 11) is 0. The molecule has 2 aliphatic rings. The molecule has 0 aliphatic carbocycles. The number of fused-ring (bicyclic) bond motifs is 1. The number of morpholine rings is 1. The standard InChI is InChI=1S/C25H29BrClN3O/c1-25(17-29-10-12-31-13-11-29)8-9-30(16-18-2-4-19(26)5-3-18)24(25)22-15-28-23-14-20(27)6-7-21(22)23/h2-7,14-15,24,28H,8-13,16-17H2,1H3. The zero-order valence-electron chi connectivity index (χ0n) is 17.9. The van der Waals surface area contributed by atoms with Crippen LogP contribution in [0.25, 0.3) is 10.9 Å². The molecule has 3 heterocycles. The van der Waals surface area contributed by atoms with Gasteiger partial charge in [-0.05, 0) is 48.4 Å². The maximum atomic E-state index is 6.27. The topological polar surface area (TPSA) is 31.5 Å². The zero-order chi connectivity index (χ0) is 21.4. The number of halogens is 2. The lowest BCUT2D eigenvalue weighted by Gasteiger charge is -2.40. The first-order valence-electron chi connectivity index (χ1n) is 11.1. The van der Waals surface area contributed by atoms with E-state index in [1.165, 1.54) is 22.9 Å². The van der Waals surface area contributed by atoms with E-state index >= 15 is 0 Å². The molecule has 4 nitrogen and oxygen atoms in total. The van der Waals surface area contributed by atoms with Crippen LogP contribution in [-0.4, -0.2) is 54.2 Å². The van der Waals surface area contributed by atoms with Crippen molar-refractivity contribution in [2.45, 2.75) is 25.9 Å². The second-order valence-electron chi connectivity index (χ2n) is 9.23. The first-order chi connectivity index (χ1) is 15.0.